The molecular formula is C25H24BFN4O. The second kappa shape index (κ2) is 7.90. The fraction of sp³-hybridized carbons (Fsp3) is 0.240. The van der Waals surface area contributed by atoms with E-state index in [1.807, 2.05) is 43.9 Å². The maximum absolute atomic E-state index is 14.5. The summed E-state index contributed by atoms with van der Waals surface area (Å²) in [5, 5.41) is 4.59. The van der Waals surface area contributed by atoms with Gasteiger partial charge in [-0.25, -0.2) is 13.9 Å². The van der Waals surface area contributed by atoms with Gasteiger partial charge in [0.25, 0.3) is 5.91 Å². The van der Waals surface area contributed by atoms with Crippen LogP contribution >= 0.6 is 0 Å². The fourth-order valence-electron chi connectivity index (χ4n) is 4.55. The third-order valence-electron chi connectivity index (χ3n) is 6.34. The number of hydrogen-bond acceptors (Lipinski definition) is 3. The molecule has 160 valence electrons. The topological polar surface area (TPSA) is 50.5 Å². The van der Waals surface area contributed by atoms with Crippen LogP contribution in [0.3, 0.4) is 0 Å². The van der Waals surface area contributed by atoms with Gasteiger partial charge in [0.1, 0.15) is 19.4 Å². The normalized spacial score (nSPS) is 15.7. The highest BCUT2D eigenvalue weighted by Crippen LogP contribution is 2.30. The van der Waals surface area contributed by atoms with Crippen LogP contribution in [0.5, 0.6) is 0 Å². The van der Waals surface area contributed by atoms with Gasteiger partial charge in [-0.05, 0) is 43.0 Å². The first kappa shape index (κ1) is 20.4. The summed E-state index contributed by atoms with van der Waals surface area (Å²) in [6.45, 7) is 4.73. The molecule has 5 nitrogen and oxygen atoms in total. The standard InChI is InChI=1S/C25H24BFN4O/c1-3-18-13-23(25(32)30-11-10-16-6-4-5-7-19(16)15(30)2)28-24-14-22(29-31(18)24)20-9-8-17(26)12-21(20)27/h4-9,12-15H,3,10-11,26H2,1-2H3. The zero-order valence-electron chi connectivity index (χ0n) is 18.5. The molecular weight excluding hydrogens is 402 g/mol. The maximum atomic E-state index is 14.5. The lowest BCUT2D eigenvalue weighted by Crippen LogP contribution is -2.39. The molecule has 0 aliphatic carbocycles. The number of hydrogen-bond donors (Lipinski definition) is 0. The smallest absolute Gasteiger partial charge is 0.273 e. The fourth-order valence-corrected chi connectivity index (χ4v) is 4.55. The Morgan fingerprint density at radius 1 is 1.19 bits per heavy atom. The van der Waals surface area contributed by atoms with Crippen LogP contribution in [0.1, 0.15) is 47.2 Å². The number of nitrogens with zero attached hydrogens (tertiary/aromatic N) is 4. The van der Waals surface area contributed by atoms with Gasteiger partial charge in [-0.3, -0.25) is 4.79 Å². The highest BCUT2D eigenvalue weighted by Gasteiger charge is 2.29. The molecule has 0 N–H and O–H groups in total. The van der Waals surface area contributed by atoms with E-state index in [1.54, 1.807) is 16.6 Å². The molecule has 4 aromatic rings. The zero-order chi connectivity index (χ0) is 22.4. The maximum Gasteiger partial charge on any atom is 0.273 e. The molecule has 32 heavy (non-hydrogen) atoms. The first-order chi connectivity index (χ1) is 15.5. The predicted molar refractivity (Wildman–Crippen MR) is 126 cm³/mol. The van der Waals surface area contributed by atoms with Crippen molar-refractivity contribution in [3.8, 4) is 11.3 Å². The summed E-state index contributed by atoms with van der Waals surface area (Å²) < 4.78 is 16.2. The van der Waals surface area contributed by atoms with Crippen LogP contribution in [0.2, 0.25) is 0 Å². The van der Waals surface area contributed by atoms with Crippen molar-refractivity contribution >= 4 is 24.9 Å². The summed E-state index contributed by atoms with van der Waals surface area (Å²) in [6, 6.07) is 16.9. The van der Waals surface area contributed by atoms with E-state index in [1.165, 1.54) is 17.2 Å². The van der Waals surface area contributed by atoms with Gasteiger partial charge in [0.2, 0.25) is 0 Å². The number of carbonyl (C=O) groups is 1. The summed E-state index contributed by atoms with van der Waals surface area (Å²) in [4.78, 5) is 20.0. The summed E-state index contributed by atoms with van der Waals surface area (Å²) in [7, 11) is 1.85. The average molecular weight is 426 g/mol. The van der Waals surface area contributed by atoms with E-state index in [0.717, 1.165) is 17.6 Å². The second-order valence-corrected chi connectivity index (χ2v) is 8.39. The molecule has 1 aliphatic rings. The molecule has 2 aromatic carbocycles. The molecule has 1 atom stereocenters. The third-order valence-corrected chi connectivity index (χ3v) is 6.34. The minimum absolute atomic E-state index is 0.0160. The summed E-state index contributed by atoms with van der Waals surface area (Å²) in [5.41, 5.74) is 6.08. The van der Waals surface area contributed by atoms with Crippen LogP contribution in [0.15, 0.2) is 54.6 Å². The van der Waals surface area contributed by atoms with Crippen LogP contribution in [0.25, 0.3) is 16.9 Å². The molecule has 7 heteroatoms. The molecule has 1 aliphatic heterocycles. The van der Waals surface area contributed by atoms with Crippen molar-refractivity contribution in [1.29, 1.82) is 0 Å². The third kappa shape index (κ3) is 3.38. The van der Waals surface area contributed by atoms with Gasteiger partial charge in [-0.15, -0.1) is 0 Å². The van der Waals surface area contributed by atoms with E-state index in [-0.39, 0.29) is 17.8 Å². The molecule has 3 heterocycles. The van der Waals surface area contributed by atoms with Gasteiger partial charge in [0.15, 0.2) is 5.65 Å². The molecule has 1 unspecified atom stereocenters. The Kier molecular flexibility index (Phi) is 5.04. The Hall–Kier alpha value is -3.48. The van der Waals surface area contributed by atoms with Crippen LogP contribution in [-0.4, -0.2) is 39.8 Å². The minimum atomic E-state index is -0.316. The molecule has 0 spiro atoms. The molecule has 0 saturated heterocycles. The Balaban J connectivity index is 1.54. The minimum Gasteiger partial charge on any atom is -0.330 e. The average Bonchev–Trinajstić information content (AvgIpc) is 3.22. The number of halogens is 1. The van der Waals surface area contributed by atoms with Crippen LogP contribution in [-0.2, 0) is 12.8 Å². The lowest BCUT2D eigenvalue weighted by Gasteiger charge is -2.35. The number of carbonyl (C=O) groups excluding carboxylic acids is 1. The Bertz CT molecular complexity index is 1350. The number of fused-ring (bicyclic) bond motifs is 2. The second-order valence-electron chi connectivity index (χ2n) is 8.39. The summed E-state index contributed by atoms with van der Waals surface area (Å²) in [5.74, 6) is -0.406. The first-order valence-corrected chi connectivity index (χ1v) is 11.0. The molecule has 0 fully saturated rings. The molecule has 0 saturated carbocycles. The van der Waals surface area contributed by atoms with E-state index in [0.29, 0.717) is 35.6 Å². The lowest BCUT2D eigenvalue weighted by atomic mass is 9.93. The monoisotopic (exact) mass is 426 g/mol. The number of aryl methyl sites for hydroxylation is 1. The first-order valence-electron chi connectivity index (χ1n) is 11.0. The van der Waals surface area contributed by atoms with Crippen molar-refractivity contribution in [1.82, 2.24) is 19.5 Å². The van der Waals surface area contributed by atoms with E-state index < -0.39 is 0 Å². The molecule has 2 aromatic heterocycles. The number of rotatable bonds is 3. The molecule has 5 rings (SSSR count). The van der Waals surface area contributed by atoms with Gasteiger partial charge in [0, 0.05) is 23.9 Å². The Morgan fingerprint density at radius 2 is 2.00 bits per heavy atom. The molecule has 0 radical (unpaired) electrons. The van der Waals surface area contributed by atoms with Gasteiger partial charge in [-0.2, -0.15) is 5.10 Å². The molecule has 0 bridgehead atoms. The van der Waals surface area contributed by atoms with Crippen LogP contribution in [0, 0.1) is 5.82 Å². The van der Waals surface area contributed by atoms with Crippen LogP contribution in [0.4, 0.5) is 4.39 Å². The van der Waals surface area contributed by atoms with Crippen molar-refractivity contribution in [3.05, 3.63) is 82.9 Å². The Morgan fingerprint density at radius 3 is 2.78 bits per heavy atom. The van der Waals surface area contributed by atoms with Gasteiger partial charge < -0.3 is 4.90 Å². The molecule has 1 amide bonds. The quantitative estimate of drug-likeness (QED) is 0.473. The van der Waals surface area contributed by atoms with Gasteiger partial charge >= 0.3 is 0 Å². The SMILES string of the molecule is Bc1ccc(-c2cc3nc(C(=O)N4CCc5ccccc5C4C)cc(CC)n3n2)c(F)c1. The number of benzene rings is 2. The largest absolute Gasteiger partial charge is 0.330 e. The van der Waals surface area contributed by atoms with Gasteiger partial charge in [-0.1, -0.05) is 48.8 Å². The predicted octanol–water partition coefficient (Wildman–Crippen LogP) is 3.12. The summed E-state index contributed by atoms with van der Waals surface area (Å²) >= 11 is 0. The van der Waals surface area contributed by atoms with E-state index in [4.69, 9.17) is 0 Å². The van der Waals surface area contributed by atoms with Crippen molar-refractivity contribution in [2.45, 2.75) is 32.7 Å². The van der Waals surface area contributed by atoms with E-state index in [9.17, 15) is 9.18 Å². The lowest BCUT2D eigenvalue weighted by molar-refractivity contribution is 0.0671. The van der Waals surface area contributed by atoms with Gasteiger partial charge in [0.05, 0.1) is 11.7 Å². The Labute approximate surface area is 187 Å². The number of aromatic nitrogens is 3. The summed E-state index contributed by atoms with van der Waals surface area (Å²) in [6.07, 6.45) is 1.51. The van der Waals surface area contributed by atoms with Crippen molar-refractivity contribution in [2.24, 2.45) is 0 Å². The van der Waals surface area contributed by atoms with Crippen molar-refractivity contribution < 1.29 is 9.18 Å². The highest BCUT2D eigenvalue weighted by atomic mass is 19.1. The number of amides is 1. The van der Waals surface area contributed by atoms with Crippen molar-refractivity contribution in [3.63, 3.8) is 0 Å². The van der Waals surface area contributed by atoms with Crippen molar-refractivity contribution in [2.75, 3.05) is 6.54 Å². The van der Waals surface area contributed by atoms with Crippen LogP contribution < -0.4 is 5.46 Å². The van der Waals surface area contributed by atoms with E-state index in [2.05, 4.69) is 29.1 Å². The van der Waals surface area contributed by atoms with E-state index >= 15 is 0 Å². The highest BCUT2D eigenvalue weighted by molar-refractivity contribution is 6.32. The zero-order valence-corrected chi connectivity index (χ0v) is 18.5.